The molecule has 0 aliphatic heterocycles. The fourth-order valence-electron chi connectivity index (χ4n) is 1.44. The van der Waals surface area contributed by atoms with E-state index in [0.717, 1.165) is 0 Å². The second-order valence-electron chi connectivity index (χ2n) is 3.27. The predicted octanol–water partition coefficient (Wildman–Crippen LogP) is 4.07. The molecule has 1 aromatic heterocycles. The Labute approximate surface area is 107 Å². The van der Waals surface area contributed by atoms with Gasteiger partial charge in [-0.3, -0.25) is 0 Å². The van der Waals surface area contributed by atoms with Crippen LogP contribution in [0.5, 0.6) is 0 Å². The molecule has 17 heavy (non-hydrogen) atoms. The van der Waals surface area contributed by atoms with Crippen LogP contribution < -0.4 is 0 Å². The summed E-state index contributed by atoms with van der Waals surface area (Å²) in [5, 5.41) is 9.18. The van der Waals surface area contributed by atoms with E-state index in [-0.39, 0.29) is 21.3 Å². The van der Waals surface area contributed by atoms with E-state index < -0.39 is 5.82 Å². The fourth-order valence-corrected chi connectivity index (χ4v) is 1.85. The molecule has 0 aliphatic rings. The van der Waals surface area contributed by atoms with Gasteiger partial charge in [-0.1, -0.05) is 29.3 Å². The van der Waals surface area contributed by atoms with E-state index in [4.69, 9.17) is 28.5 Å². The number of benzene rings is 1. The van der Waals surface area contributed by atoms with Crippen molar-refractivity contribution >= 4 is 23.2 Å². The van der Waals surface area contributed by atoms with Gasteiger partial charge in [0.25, 0.3) is 0 Å². The molecule has 0 saturated heterocycles. The van der Waals surface area contributed by atoms with Crippen molar-refractivity contribution in [1.29, 1.82) is 5.26 Å². The molecule has 1 heterocycles. The van der Waals surface area contributed by atoms with Crippen molar-refractivity contribution in [2.24, 2.45) is 0 Å². The molecule has 1 aromatic carbocycles. The topological polar surface area (TPSA) is 36.7 Å². The maximum Gasteiger partial charge on any atom is 0.146 e. The number of hydrogen-bond acceptors (Lipinski definition) is 2. The predicted molar refractivity (Wildman–Crippen MR) is 64.4 cm³/mol. The number of nitrogens with zero attached hydrogens (tertiary/aromatic N) is 2. The minimum atomic E-state index is -0.467. The first kappa shape index (κ1) is 11.8. The Morgan fingerprint density at radius 2 is 2.06 bits per heavy atom. The van der Waals surface area contributed by atoms with E-state index in [1.54, 1.807) is 6.07 Å². The highest BCUT2D eigenvalue weighted by molar-refractivity contribution is 6.33. The van der Waals surface area contributed by atoms with Crippen molar-refractivity contribution in [2.75, 3.05) is 0 Å². The van der Waals surface area contributed by atoms with Crippen LogP contribution in [0.4, 0.5) is 4.39 Å². The summed E-state index contributed by atoms with van der Waals surface area (Å²) in [7, 11) is 0. The molecule has 0 fully saturated rings. The minimum absolute atomic E-state index is 0.0868. The highest BCUT2D eigenvalue weighted by atomic mass is 35.5. The number of pyridine rings is 1. The van der Waals surface area contributed by atoms with Crippen molar-refractivity contribution < 1.29 is 4.39 Å². The zero-order valence-corrected chi connectivity index (χ0v) is 9.93. The normalized spacial score (nSPS) is 10.0. The molecule has 0 N–H and O–H groups in total. The first-order valence-corrected chi connectivity index (χ1v) is 5.39. The molecule has 0 amide bonds. The Morgan fingerprint density at radius 3 is 2.71 bits per heavy atom. The second-order valence-corrected chi connectivity index (χ2v) is 4.04. The second kappa shape index (κ2) is 4.70. The highest BCUT2D eigenvalue weighted by Crippen LogP contribution is 2.31. The smallest absolute Gasteiger partial charge is 0.146 e. The number of halogens is 3. The Balaban J connectivity index is 2.66. The molecule has 0 aliphatic carbocycles. The average Bonchev–Trinajstić information content (AvgIpc) is 2.31. The molecule has 0 unspecified atom stereocenters. The van der Waals surface area contributed by atoms with Crippen molar-refractivity contribution in [1.82, 2.24) is 4.98 Å². The lowest BCUT2D eigenvalue weighted by Gasteiger charge is -2.06. The van der Waals surface area contributed by atoms with Crippen LogP contribution in [0.25, 0.3) is 11.1 Å². The zero-order valence-electron chi connectivity index (χ0n) is 8.42. The molecule has 0 spiro atoms. The summed E-state index contributed by atoms with van der Waals surface area (Å²) in [4.78, 5) is 3.83. The third-order valence-electron chi connectivity index (χ3n) is 2.21. The summed E-state index contributed by atoms with van der Waals surface area (Å²) >= 11 is 11.6. The van der Waals surface area contributed by atoms with E-state index in [1.807, 2.05) is 6.07 Å². The van der Waals surface area contributed by atoms with Crippen LogP contribution in [-0.4, -0.2) is 4.98 Å². The number of hydrogen-bond donors (Lipinski definition) is 0. The van der Waals surface area contributed by atoms with E-state index in [1.165, 1.54) is 24.4 Å². The Hall–Kier alpha value is -1.63. The summed E-state index contributed by atoms with van der Waals surface area (Å²) in [5.74, 6) is -0.467. The zero-order chi connectivity index (χ0) is 12.4. The van der Waals surface area contributed by atoms with Gasteiger partial charge in [0.2, 0.25) is 0 Å². The van der Waals surface area contributed by atoms with E-state index in [9.17, 15) is 4.39 Å². The van der Waals surface area contributed by atoms with Gasteiger partial charge in [-0.15, -0.1) is 0 Å². The minimum Gasteiger partial charge on any atom is -0.243 e. The number of nitriles is 1. The van der Waals surface area contributed by atoms with Gasteiger partial charge < -0.3 is 0 Å². The lowest BCUT2D eigenvalue weighted by Crippen LogP contribution is -1.90. The standard InChI is InChI=1S/C12H5Cl2FN2/c13-9-2-1-3-10(15)11(9)8-4-7(5-16)12(14)17-6-8/h1-4,6H. The molecule has 0 saturated carbocycles. The maximum absolute atomic E-state index is 13.6. The lowest BCUT2D eigenvalue weighted by molar-refractivity contribution is 0.631. The molecule has 0 atom stereocenters. The quantitative estimate of drug-likeness (QED) is 0.730. The van der Waals surface area contributed by atoms with Crippen LogP contribution in [0.3, 0.4) is 0 Å². The van der Waals surface area contributed by atoms with E-state index >= 15 is 0 Å². The number of rotatable bonds is 1. The molecule has 2 aromatic rings. The molecular weight excluding hydrogens is 262 g/mol. The monoisotopic (exact) mass is 266 g/mol. The summed E-state index contributed by atoms with van der Waals surface area (Å²) in [5.41, 5.74) is 0.826. The highest BCUT2D eigenvalue weighted by Gasteiger charge is 2.12. The molecule has 0 radical (unpaired) electrons. The van der Waals surface area contributed by atoms with Gasteiger partial charge in [0, 0.05) is 17.3 Å². The summed E-state index contributed by atoms with van der Waals surface area (Å²) < 4.78 is 13.6. The molecular formula is C12H5Cl2FN2. The summed E-state index contributed by atoms with van der Waals surface area (Å²) in [6.45, 7) is 0. The van der Waals surface area contributed by atoms with Crippen LogP contribution in [-0.2, 0) is 0 Å². The fraction of sp³-hybridized carbons (Fsp3) is 0. The van der Waals surface area contributed by atoms with Crippen molar-refractivity contribution in [2.45, 2.75) is 0 Å². The third-order valence-corrected chi connectivity index (χ3v) is 2.83. The van der Waals surface area contributed by atoms with Gasteiger partial charge in [-0.2, -0.15) is 5.26 Å². The van der Waals surface area contributed by atoms with Crippen LogP contribution >= 0.6 is 23.2 Å². The Bertz CT molecular complexity index is 600. The largest absolute Gasteiger partial charge is 0.243 e. The number of aromatic nitrogens is 1. The average molecular weight is 267 g/mol. The first-order valence-electron chi connectivity index (χ1n) is 4.63. The third kappa shape index (κ3) is 2.23. The summed E-state index contributed by atoms with van der Waals surface area (Å²) in [6.07, 6.45) is 1.38. The van der Waals surface area contributed by atoms with Crippen LogP contribution in [0.2, 0.25) is 10.2 Å². The van der Waals surface area contributed by atoms with Crippen molar-refractivity contribution in [3.8, 4) is 17.2 Å². The van der Waals surface area contributed by atoms with Gasteiger partial charge in [0.1, 0.15) is 17.0 Å². The Kier molecular flexibility index (Phi) is 3.28. The van der Waals surface area contributed by atoms with Crippen LogP contribution in [0.15, 0.2) is 30.5 Å². The molecule has 2 rings (SSSR count). The molecule has 5 heteroatoms. The molecule has 84 valence electrons. The lowest BCUT2D eigenvalue weighted by atomic mass is 10.1. The first-order chi connectivity index (χ1) is 8.13. The van der Waals surface area contributed by atoms with Gasteiger partial charge in [0.05, 0.1) is 10.6 Å². The van der Waals surface area contributed by atoms with E-state index in [2.05, 4.69) is 4.98 Å². The maximum atomic E-state index is 13.6. The van der Waals surface area contributed by atoms with Gasteiger partial charge in [-0.25, -0.2) is 9.37 Å². The van der Waals surface area contributed by atoms with Gasteiger partial charge in [-0.05, 0) is 18.2 Å². The van der Waals surface area contributed by atoms with E-state index in [0.29, 0.717) is 5.56 Å². The van der Waals surface area contributed by atoms with Crippen molar-refractivity contribution in [3.63, 3.8) is 0 Å². The summed E-state index contributed by atoms with van der Waals surface area (Å²) in [6, 6.07) is 7.72. The Morgan fingerprint density at radius 1 is 1.29 bits per heavy atom. The molecule has 0 bridgehead atoms. The van der Waals surface area contributed by atoms with Crippen LogP contribution in [0, 0.1) is 17.1 Å². The van der Waals surface area contributed by atoms with Gasteiger partial charge >= 0.3 is 0 Å². The van der Waals surface area contributed by atoms with Crippen LogP contribution in [0.1, 0.15) is 5.56 Å². The van der Waals surface area contributed by atoms with Gasteiger partial charge in [0.15, 0.2) is 0 Å². The molecule has 2 nitrogen and oxygen atoms in total. The van der Waals surface area contributed by atoms with Crippen molar-refractivity contribution in [3.05, 3.63) is 52.0 Å². The SMILES string of the molecule is N#Cc1cc(-c2c(F)cccc2Cl)cnc1Cl.